The molecule has 0 unspecified atom stereocenters. The molecule has 6 rings (SSSR count). The van der Waals surface area contributed by atoms with Gasteiger partial charge in [0.2, 0.25) is 17.7 Å². The lowest BCUT2D eigenvalue weighted by Crippen LogP contribution is -2.74. The summed E-state index contributed by atoms with van der Waals surface area (Å²) in [6, 6.07) is 19.2. The van der Waals surface area contributed by atoms with Crippen LogP contribution in [0.15, 0.2) is 77.5 Å². The topological polar surface area (TPSA) is 226 Å². The lowest BCUT2D eigenvalue weighted by Gasteiger charge is -2.63. The fraction of sp³-hybridized carbons (Fsp3) is 0.518. The Morgan fingerprint density at radius 2 is 1.61 bits per heavy atom. The molecular weight excluding hydrogens is 966 g/mol. The van der Waals surface area contributed by atoms with Gasteiger partial charge >= 0.3 is 6.09 Å². The summed E-state index contributed by atoms with van der Waals surface area (Å²) in [4.78, 5) is 75.4. The molecular formula is C56H72ClN7O10. The molecule has 3 aromatic carbocycles. The van der Waals surface area contributed by atoms with Gasteiger partial charge in [-0.05, 0) is 94.3 Å². The maximum Gasteiger partial charge on any atom is 0.410 e. The lowest BCUT2D eigenvalue weighted by molar-refractivity contribution is -0.164. The van der Waals surface area contributed by atoms with Gasteiger partial charge in [-0.15, -0.1) is 0 Å². The molecule has 2 aliphatic rings. The number of carbonyl (C=O) groups is 5. The highest BCUT2D eigenvalue weighted by Crippen LogP contribution is 2.55. The minimum absolute atomic E-state index is 0.0335. The molecule has 0 spiro atoms. The van der Waals surface area contributed by atoms with Gasteiger partial charge in [-0.25, -0.2) is 9.78 Å². The Bertz CT molecular complexity index is 2670. The van der Waals surface area contributed by atoms with E-state index in [9.17, 15) is 34.3 Å². The average molecular weight is 1040 g/mol. The molecule has 1 aliphatic heterocycles. The van der Waals surface area contributed by atoms with Gasteiger partial charge in [-0.3, -0.25) is 24.1 Å². The minimum atomic E-state index is -1.10. The molecule has 0 bridgehead atoms. The normalized spacial score (nSPS) is 19.3. The standard InChI is InChI=1S/C56H72ClN7O10/c1-34-45(72-33-60-34)36-17-15-35(16-18-36)30-59-48(68)43-27-39(65)31-64(43)49(69)46(53(2,3)4)61-44(66)32-63(52(70)74-54(5,6)7)25-13-12-14-26-71-40-22-19-37(20-23-40)47(67)62-50-55(8,9)51(56(50,10)11)73-41-24-21-38(29-58)42(57)28-41/h15-24,28,33,39,43,46,50-51,65H,12-14,25-27,30-32H2,1-11H3,(H,59,68)(H,61,66)(H,62,67)/t39-,43+,46-,50?,51?/m1/s1. The van der Waals surface area contributed by atoms with E-state index in [1.165, 1.54) is 16.2 Å². The second kappa shape index (κ2) is 23.3. The van der Waals surface area contributed by atoms with Crippen molar-refractivity contribution in [3.8, 4) is 28.9 Å². The summed E-state index contributed by atoms with van der Waals surface area (Å²) in [6.07, 6.45) is 1.36. The first-order valence-electron chi connectivity index (χ1n) is 25.1. The fourth-order valence-electron chi connectivity index (χ4n) is 10.0. The van der Waals surface area contributed by atoms with Gasteiger partial charge in [-0.1, -0.05) is 84.3 Å². The number of nitrogens with one attached hydrogen (secondary N) is 3. The Morgan fingerprint density at radius 1 is 0.946 bits per heavy atom. The minimum Gasteiger partial charge on any atom is -0.494 e. The third-order valence-corrected chi connectivity index (χ3v) is 13.9. The Labute approximate surface area is 439 Å². The van der Waals surface area contributed by atoms with E-state index in [0.717, 1.165) is 16.8 Å². The van der Waals surface area contributed by atoms with Gasteiger partial charge in [0.1, 0.15) is 47.9 Å². The number of amides is 5. The fourth-order valence-corrected chi connectivity index (χ4v) is 10.2. The number of β-amino-alcohol motifs (C(OH)–C–C–N with tert-alkyl or cyclic N) is 1. The number of benzene rings is 3. The number of rotatable bonds is 19. The molecule has 1 saturated heterocycles. The lowest BCUT2D eigenvalue weighted by atomic mass is 9.49. The van der Waals surface area contributed by atoms with Crippen LogP contribution < -0.4 is 25.4 Å². The zero-order chi connectivity index (χ0) is 54.3. The monoisotopic (exact) mass is 1040 g/mol. The molecule has 2 fully saturated rings. The number of aryl methyl sites for hydroxylation is 1. The second-order valence-electron chi connectivity index (χ2n) is 22.6. The summed E-state index contributed by atoms with van der Waals surface area (Å²) in [5.74, 6) is 0.0432. The first-order chi connectivity index (χ1) is 34.7. The number of aliphatic hydroxyl groups excluding tert-OH is 1. The molecule has 18 heteroatoms. The average Bonchev–Trinajstić information content (AvgIpc) is 3.95. The van der Waals surface area contributed by atoms with Crippen LogP contribution in [0.4, 0.5) is 4.79 Å². The highest BCUT2D eigenvalue weighted by molar-refractivity contribution is 6.31. The Hall–Kier alpha value is -6.64. The van der Waals surface area contributed by atoms with Crippen molar-refractivity contribution in [2.24, 2.45) is 16.2 Å². The van der Waals surface area contributed by atoms with Crippen LogP contribution in [0.2, 0.25) is 5.02 Å². The summed E-state index contributed by atoms with van der Waals surface area (Å²) >= 11 is 6.25. The van der Waals surface area contributed by atoms with Gasteiger partial charge in [0.25, 0.3) is 5.91 Å². The van der Waals surface area contributed by atoms with Crippen LogP contribution in [-0.2, 0) is 25.7 Å². The summed E-state index contributed by atoms with van der Waals surface area (Å²) in [6.45, 7) is 20.9. The largest absolute Gasteiger partial charge is 0.494 e. The van der Waals surface area contributed by atoms with E-state index in [0.29, 0.717) is 59.3 Å². The number of nitrogens with zero attached hydrogens (tertiary/aromatic N) is 4. The van der Waals surface area contributed by atoms with Crippen molar-refractivity contribution in [2.45, 2.75) is 144 Å². The maximum atomic E-state index is 14.3. The van der Waals surface area contributed by atoms with E-state index in [-0.39, 0.29) is 50.7 Å². The predicted molar refractivity (Wildman–Crippen MR) is 279 cm³/mol. The molecule has 1 aromatic heterocycles. The van der Waals surface area contributed by atoms with Gasteiger partial charge < -0.3 is 44.6 Å². The van der Waals surface area contributed by atoms with E-state index >= 15 is 0 Å². The van der Waals surface area contributed by atoms with Crippen molar-refractivity contribution in [1.82, 2.24) is 30.7 Å². The molecule has 2 heterocycles. The first kappa shape index (κ1) is 56.7. The van der Waals surface area contributed by atoms with Gasteiger partial charge in [0, 0.05) is 60.1 Å². The summed E-state index contributed by atoms with van der Waals surface area (Å²) in [5, 5.41) is 29.2. The molecule has 398 valence electrons. The van der Waals surface area contributed by atoms with Crippen LogP contribution in [0.25, 0.3) is 11.3 Å². The third-order valence-electron chi connectivity index (χ3n) is 13.6. The van der Waals surface area contributed by atoms with E-state index in [1.807, 2.05) is 58.9 Å². The number of aromatic nitrogens is 1. The van der Waals surface area contributed by atoms with Crippen LogP contribution in [0, 0.1) is 34.5 Å². The number of nitriles is 1. The van der Waals surface area contributed by atoms with Crippen LogP contribution in [0.3, 0.4) is 0 Å². The van der Waals surface area contributed by atoms with Crippen molar-refractivity contribution in [3.05, 3.63) is 101 Å². The number of hydrogen-bond donors (Lipinski definition) is 4. The van der Waals surface area contributed by atoms with Crippen molar-refractivity contribution in [3.63, 3.8) is 0 Å². The van der Waals surface area contributed by atoms with Crippen LogP contribution >= 0.6 is 11.6 Å². The zero-order valence-corrected chi connectivity index (χ0v) is 45.2. The number of halogens is 1. The maximum absolute atomic E-state index is 14.3. The van der Waals surface area contributed by atoms with Crippen LogP contribution in [0.5, 0.6) is 11.5 Å². The molecule has 5 amide bonds. The third kappa shape index (κ3) is 13.9. The number of aliphatic hydroxyl groups is 1. The van der Waals surface area contributed by atoms with E-state index in [1.54, 1.807) is 84.0 Å². The highest BCUT2D eigenvalue weighted by atomic mass is 35.5. The first-order valence-corrected chi connectivity index (χ1v) is 25.5. The number of ether oxygens (including phenoxy) is 3. The van der Waals surface area contributed by atoms with Crippen molar-refractivity contribution in [1.29, 1.82) is 5.26 Å². The number of carbonyl (C=O) groups excluding carboxylic acids is 5. The number of oxazole rings is 1. The molecule has 1 aliphatic carbocycles. The second-order valence-corrected chi connectivity index (χ2v) is 23.0. The van der Waals surface area contributed by atoms with E-state index in [2.05, 4.69) is 27.0 Å². The smallest absolute Gasteiger partial charge is 0.410 e. The van der Waals surface area contributed by atoms with Gasteiger partial charge in [0.05, 0.1) is 29.0 Å². The van der Waals surface area contributed by atoms with Gasteiger partial charge in [-0.2, -0.15) is 5.26 Å². The number of likely N-dealkylation sites (tertiary alicyclic amines) is 1. The van der Waals surface area contributed by atoms with Crippen LogP contribution in [-0.4, -0.2) is 112 Å². The Kier molecular flexibility index (Phi) is 17.8. The van der Waals surface area contributed by atoms with Gasteiger partial charge in [0.15, 0.2) is 12.2 Å². The summed E-state index contributed by atoms with van der Waals surface area (Å²) in [5.41, 5.74) is 0.784. The molecule has 1 saturated carbocycles. The van der Waals surface area contributed by atoms with Crippen molar-refractivity contribution in [2.75, 3.05) is 26.2 Å². The zero-order valence-electron chi connectivity index (χ0n) is 44.5. The molecule has 0 radical (unpaired) electrons. The quantitative estimate of drug-likeness (QED) is 0.0650. The number of unbranched alkanes of at least 4 members (excludes halogenated alkanes) is 2. The summed E-state index contributed by atoms with van der Waals surface area (Å²) in [7, 11) is 0. The Morgan fingerprint density at radius 3 is 2.20 bits per heavy atom. The van der Waals surface area contributed by atoms with Crippen molar-refractivity contribution >= 4 is 41.3 Å². The van der Waals surface area contributed by atoms with E-state index < -0.39 is 63.8 Å². The van der Waals surface area contributed by atoms with Crippen LogP contribution in [0.1, 0.15) is 122 Å². The molecule has 3 atom stereocenters. The highest BCUT2D eigenvalue weighted by Gasteiger charge is 2.64. The Balaban J connectivity index is 0.975. The predicted octanol–water partition coefficient (Wildman–Crippen LogP) is 8.38. The number of hydrogen-bond acceptors (Lipinski definition) is 12. The molecule has 17 nitrogen and oxygen atoms in total. The molecule has 4 aromatic rings. The van der Waals surface area contributed by atoms with Crippen molar-refractivity contribution < 1.29 is 47.7 Å². The van der Waals surface area contributed by atoms with E-state index in [4.69, 9.17) is 30.2 Å². The molecule has 74 heavy (non-hydrogen) atoms. The SMILES string of the molecule is Cc1ncoc1-c1ccc(CNC(=O)[C@@H]2C[C@@H](O)CN2C(=O)[C@@H](NC(=O)CN(CCCCCOc2ccc(C(=O)NC3C(C)(C)C(Oc4ccc(C#N)c(Cl)c4)C3(C)C)cc2)C(=O)OC(C)(C)C)C(C)(C)C)cc1. The summed E-state index contributed by atoms with van der Waals surface area (Å²) < 4.78 is 23.5. The molecule has 4 N–H and O–H groups in total.